The van der Waals surface area contributed by atoms with E-state index in [9.17, 15) is 0 Å². The molecular formula is C24H19N2+. The third-order valence-electron chi connectivity index (χ3n) is 5.16. The van der Waals surface area contributed by atoms with Crippen molar-refractivity contribution in [3.05, 3.63) is 84.4 Å². The lowest BCUT2D eigenvalue weighted by molar-refractivity contribution is -0.632. The Bertz CT molecular complexity index is 1280. The fourth-order valence-electron chi connectivity index (χ4n) is 3.83. The molecule has 0 spiro atoms. The van der Waals surface area contributed by atoms with Gasteiger partial charge in [-0.15, -0.1) is 0 Å². The Morgan fingerprint density at radius 2 is 1.50 bits per heavy atom. The van der Waals surface area contributed by atoms with Crippen molar-refractivity contribution in [3.63, 3.8) is 0 Å². The Kier molecular flexibility index (Phi) is 3.26. The number of hydrogen-bond donors (Lipinski definition) is 0. The maximum atomic E-state index is 5.04. The number of para-hydroxylation sites is 2. The van der Waals surface area contributed by atoms with Crippen LogP contribution in [-0.2, 0) is 7.05 Å². The summed E-state index contributed by atoms with van der Waals surface area (Å²) < 4.78 is 2.29. The van der Waals surface area contributed by atoms with E-state index >= 15 is 0 Å². The van der Waals surface area contributed by atoms with Crippen molar-refractivity contribution in [1.29, 1.82) is 0 Å². The molecule has 0 aliphatic heterocycles. The molecule has 0 aliphatic carbocycles. The quantitative estimate of drug-likeness (QED) is 0.229. The van der Waals surface area contributed by atoms with Gasteiger partial charge in [0.05, 0.1) is 21.8 Å². The van der Waals surface area contributed by atoms with Crippen molar-refractivity contribution < 1.29 is 4.57 Å². The normalized spacial score (nSPS) is 11.5. The van der Waals surface area contributed by atoms with Crippen molar-refractivity contribution >= 4 is 32.7 Å². The van der Waals surface area contributed by atoms with Crippen molar-refractivity contribution in [1.82, 2.24) is 4.98 Å². The molecule has 0 amide bonds. The molecule has 0 N–H and O–H groups in total. The first-order valence-corrected chi connectivity index (χ1v) is 8.90. The number of nitrogens with zero attached hydrogens (tertiary/aromatic N) is 2. The van der Waals surface area contributed by atoms with Crippen molar-refractivity contribution in [2.75, 3.05) is 0 Å². The van der Waals surface area contributed by atoms with Crippen LogP contribution in [0.5, 0.6) is 0 Å². The van der Waals surface area contributed by atoms with Crippen LogP contribution in [0.25, 0.3) is 44.0 Å². The first-order chi connectivity index (χ1) is 12.7. The predicted octanol–water partition coefficient (Wildman–Crippen LogP) is 5.34. The molecule has 0 bridgehead atoms. The molecule has 0 aliphatic rings. The summed E-state index contributed by atoms with van der Waals surface area (Å²) in [5, 5.41) is 3.55. The number of benzene rings is 3. The molecular weight excluding hydrogens is 316 g/mol. The monoisotopic (exact) mass is 335 g/mol. The molecule has 2 heterocycles. The third-order valence-corrected chi connectivity index (χ3v) is 5.16. The molecule has 2 heteroatoms. The zero-order valence-electron chi connectivity index (χ0n) is 14.9. The summed E-state index contributed by atoms with van der Waals surface area (Å²) in [6.07, 6.45) is 0. The summed E-state index contributed by atoms with van der Waals surface area (Å²) in [5.74, 6) is 0. The predicted molar refractivity (Wildman–Crippen MR) is 108 cm³/mol. The summed E-state index contributed by atoms with van der Waals surface area (Å²) in [7, 11) is 2.14. The second-order valence-electron chi connectivity index (χ2n) is 6.87. The Morgan fingerprint density at radius 1 is 0.769 bits per heavy atom. The van der Waals surface area contributed by atoms with Crippen molar-refractivity contribution in [2.45, 2.75) is 6.92 Å². The van der Waals surface area contributed by atoms with Crippen molar-refractivity contribution in [2.24, 2.45) is 7.05 Å². The molecule has 124 valence electrons. The fraction of sp³-hybridized carbons (Fsp3) is 0.0833. The van der Waals surface area contributed by atoms with Crippen LogP contribution in [0.15, 0.2) is 78.9 Å². The number of pyridine rings is 2. The topological polar surface area (TPSA) is 16.8 Å². The van der Waals surface area contributed by atoms with E-state index in [0.717, 1.165) is 11.0 Å². The van der Waals surface area contributed by atoms with Gasteiger partial charge in [0.2, 0.25) is 11.2 Å². The summed E-state index contributed by atoms with van der Waals surface area (Å²) in [6, 6.07) is 27.9. The Morgan fingerprint density at radius 3 is 2.35 bits per heavy atom. The summed E-state index contributed by atoms with van der Waals surface area (Å²) in [5.41, 5.74) is 6.98. The van der Waals surface area contributed by atoms with E-state index in [1.165, 1.54) is 38.5 Å². The number of fused-ring (bicyclic) bond motifs is 4. The minimum Gasteiger partial charge on any atom is -0.247 e. The Balaban J connectivity index is 2.02. The average Bonchev–Trinajstić information content (AvgIpc) is 2.68. The minimum absolute atomic E-state index is 1.04. The number of rotatable bonds is 1. The van der Waals surface area contributed by atoms with E-state index in [2.05, 4.69) is 91.3 Å². The second-order valence-corrected chi connectivity index (χ2v) is 6.87. The minimum atomic E-state index is 1.04. The highest BCUT2D eigenvalue weighted by Gasteiger charge is 2.21. The van der Waals surface area contributed by atoms with E-state index < -0.39 is 0 Å². The van der Waals surface area contributed by atoms with E-state index in [-0.39, 0.29) is 0 Å². The Labute approximate surface area is 152 Å². The lowest BCUT2D eigenvalue weighted by Crippen LogP contribution is -2.32. The van der Waals surface area contributed by atoms with E-state index in [1.807, 2.05) is 6.07 Å². The smallest absolute Gasteiger partial charge is 0.222 e. The molecule has 0 saturated carbocycles. The van der Waals surface area contributed by atoms with Crippen LogP contribution in [0.4, 0.5) is 0 Å². The van der Waals surface area contributed by atoms with Gasteiger partial charge in [0.15, 0.2) is 0 Å². The van der Waals surface area contributed by atoms with Crippen LogP contribution < -0.4 is 4.57 Å². The van der Waals surface area contributed by atoms with Gasteiger partial charge in [-0.05, 0) is 37.3 Å². The number of hydrogen-bond acceptors (Lipinski definition) is 1. The standard InChI is InChI=1S/C24H19N2/c1-16-11-13-17(14-12-16)24-20-15-18-7-3-5-9-21(18)25-23(20)19-8-4-6-10-22(19)26(24)2/h3-15H,1-2H3/q+1. The third kappa shape index (κ3) is 2.19. The number of aryl methyl sites for hydroxylation is 2. The fourth-order valence-corrected chi connectivity index (χ4v) is 3.83. The zero-order chi connectivity index (χ0) is 17.7. The summed E-state index contributed by atoms with van der Waals surface area (Å²) >= 11 is 0. The van der Waals surface area contributed by atoms with Gasteiger partial charge in [-0.3, -0.25) is 0 Å². The molecule has 0 saturated heterocycles. The number of aromatic nitrogens is 2. The van der Waals surface area contributed by atoms with Gasteiger partial charge in [0.25, 0.3) is 0 Å². The van der Waals surface area contributed by atoms with Crippen LogP contribution in [0.2, 0.25) is 0 Å². The van der Waals surface area contributed by atoms with Gasteiger partial charge in [-0.1, -0.05) is 48.0 Å². The van der Waals surface area contributed by atoms with Crippen LogP contribution in [0, 0.1) is 6.92 Å². The van der Waals surface area contributed by atoms with Crippen molar-refractivity contribution in [3.8, 4) is 11.3 Å². The average molecular weight is 335 g/mol. The van der Waals surface area contributed by atoms with Gasteiger partial charge >= 0.3 is 0 Å². The van der Waals surface area contributed by atoms with Gasteiger partial charge in [0, 0.05) is 17.0 Å². The molecule has 26 heavy (non-hydrogen) atoms. The highest BCUT2D eigenvalue weighted by molar-refractivity contribution is 6.09. The molecule has 0 fully saturated rings. The van der Waals surface area contributed by atoms with Crippen LogP contribution in [0.3, 0.4) is 0 Å². The first-order valence-electron chi connectivity index (χ1n) is 8.90. The van der Waals surface area contributed by atoms with Gasteiger partial charge in [-0.25, -0.2) is 4.98 Å². The molecule has 2 aromatic heterocycles. The highest BCUT2D eigenvalue weighted by Crippen LogP contribution is 2.32. The van der Waals surface area contributed by atoms with Gasteiger partial charge in [0.1, 0.15) is 7.05 Å². The molecule has 2 nitrogen and oxygen atoms in total. The van der Waals surface area contributed by atoms with E-state index in [1.54, 1.807) is 0 Å². The van der Waals surface area contributed by atoms with E-state index in [0.29, 0.717) is 0 Å². The van der Waals surface area contributed by atoms with Gasteiger partial charge in [-0.2, -0.15) is 4.57 Å². The van der Waals surface area contributed by atoms with Crippen LogP contribution >= 0.6 is 0 Å². The highest BCUT2D eigenvalue weighted by atomic mass is 14.9. The molecule has 5 rings (SSSR count). The largest absolute Gasteiger partial charge is 0.247 e. The van der Waals surface area contributed by atoms with Crippen LogP contribution in [0.1, 0.15) is 5.56 Å². The summed E-state index contributed by atoms with van der Waals surface area (Å²) in [6.45, 7) is 2.12. The lowest BCUT2D eigenvalue weighted by Gasteiger charge is -2.10. The first kappa shape index (κ1) is 15.0. The molecule has 0 unspecified atom stereocenters. The van der Waals surface area contributed by atoms with Gasteiger partial charge < -0.3 is 0 Å². The summed E-state index contributed by atoms with van der Waals surface area (Å²) in [4.78, 5) is 5.04. The molecule has 5 aromatic rings. The molecule has 0 atom stereocenters. The zero-order valence-corrected chi connectivity index (χ0v) is 14.9. The van der Waals surface area contributed by atoms with Crippen LogP contribution in [-0.4, -0.2) is 4.98 Å². The molecule has 0 radical (unpaired) electrons. The maximum absolute atomic E-state index is 5.04. The Hall–Kier alpha value is -3.26. The SMILES string of the molecule is Cc1ccc(-c2c3cc4ccccc4nc3c3ccccc3[n+]2C)cc1. The maximum Gasteiger partial charge on any atom is 0.222 e. The van der Waals surface area contributed by atoms with E-state index in [4.69, 9.17) is 4.98 Å². The molecule has 3 aromatic carbocycles. The lowest BCUT2D eigenvalue weighted by atomic mass is 10.0. The second kappa shape index (κ2) is 5.63.